The van der Waals surface area contributed by atoms with E-state index in [0.717, 1.165) is 16.8 Å². The van der Waals surface area contributed by atoms with Gasteiger partial charge < -0.3 is 5.32 Å². The Morgan fingerprint density at radius 2 is 2.05 bits per heavy atom. The first-order chi connectivity index (χ1) is 10.0. The van der Waals surface area contributed by atoms with Gasteiger partial charge in [0, 0.05) is 16.8 Å². The average Bonchev–Trinajstić information content (AvgIpc) is 3.07. The SMILES string of the molecule is Cc1[nH]nc2ncc(NC(=O)c3cc(C(C)C)[nH]n3)cc12. The Labute approximate surface area is 121 Å². The van der Waals surface area contributed by atoms with Crippen LogP contribution in [-0.4, -0.2) is 31.3 Å². The predicted molar refractivity (Wildman–Crippen MR) is 79.3 cm³/mol. The molecule has 3 N–H and O–H groups in total. The van der Waals surface area contributed by atoms with Gasteiger partial charge in [-0.05, 0) is 25.0 Å². The van der Waals surface area contributed by atoms with Crippen molar-refractivity contribution < 1.29 is 4.79 Å². The Hall–Kier alpha value is -2.70. The molecule has 0 aromatic carbocycles. The molecule has 0 spiro atoms. The zero-order valence-corrected chi connectivity index (χ0v) is 12.1. The second-order valence-corrected chi connectivity index (χ2v) is 5.26. The molecule has 0 saturated heterocycles. The lowest BCUT2D eigenvalue weighted by molar-refractivity contribution is 0.102. The van der Waals surface area contributed by atoms with Crippen molar-refractivity contribution >= 4 is 22.6 Å². The van der Waals surface area contributed by atoms with Gasteiger partial charge in [-0.3, -0.25) is 15.0 Å². The number of pyridine rings is 1. The second-order valence-electron chi connectivity index (χ2n) is 5.26. The van der Waals surface area contributed by atoms with Crippen LogP contribution in [0.2, 0.25) is 0 Å². The molecule has 0 saturated carbocycles. The number of hydrogen-bond donors (Lipinski definition) is 3. The van der Waals surface area contributed by atoms with Crippen molar-refractivity contribution in [3.05, 3.63) is 35.4 Å². The molecule has 3 aromatic rings. The number of H-pyrrole nitrogens is 2. The number of anilines is 1. The Balaban J connectivity index is 1.83. The largest absolute Gasteiger partial charge is 0.319 e. The molecular weight excluding hydrogens is 268 g/mol. The molecule has 0 aliphatic carbocycles. The van der Waals surface area contributed by atoms with Gasteiger partial charge in [-0.25, -0.2) is 4.98 Å². The van der Waals surface area contributed by atoms with Crippen LogP contribution in [0.4, 0.5) is 5.69 Å². The molecule has 3 rings (SSSR count). The lowest BCUT2D eigenvalue weighted by Gasteiger charge is -2.02. The van der Waals surface area contributed by atoms with Crippen molar-refractivity contribution in [1.82, 2.24) is 25.4 Å². The van der Waals surface area contributed by atoms with Crippen molar-refractivity contribution in [3.63, 3.8) is 0 Å². The molecule has 3 aromatic heterocycles. The van der Waals surface area contributed by atoms with E-state index in [1.54, 1.807) is 12.3 Å². The normalized spacial score (nSPS) is 11.2. The molecule has 108 valence electrons. The van der Waals surface area contributed by atoms with E-state index in [1.807, 2.05) is 26.8 Å². The third kappa shape index (κ3) is 2.49. The molecular formula is C14H16N6O. The van der Waals surface area contributed by atoms with Gasteiger partial charge in [-0.2, -0.15) is 10.2 Å². The van der Waals surface area contributed by atoms with Gasteiger partial charge in [0.25, 0.3) is 5.91 Å². The fourth-order valence-electron chi connectivity index (χ4n) is 2.03. The van der Waals surface area contributed by atoms with E-state index in [4.69, 9.17) is 0 Å². The maximum absolute atomic E-state index is 12.2. The Morgan fingerprint density at radius 3 is 2.76 bits per heavy atom. The van der Waals surface area contributed by atoms with E-state index >= 15 is 0 Å². The molecule has 0 fully saturated rings. The topological polar surface area (TPSA) is 99.4 Å². The number of aromatic nitrogens is 5. The number of amides is 1. The highest BCUT2D eigenvalue weighted by Gasteiger charge is 2.13. The Bertz CT molecular complexity index is 801. The van der Waals surface area contributed by atoms with E-state index in [1.165, 1.54) is 0 Å². The summed E-state index contributed by atoms with van der Waals surface area (Å²) in [6.45, 7) is 5.98. The van der Waals surface area contributed by atoms with E-state index in [-0.39, 0.29) is 5.91 Å². The average molecular weight is 284 g/mol. The van der Waals surface area contributed by atoms with Crippen LogP contribution in [0.1, 0.15) is 41.6 Å². The Morgan fingerprint density at radius 1 is 1.24 bits per heavy atom. The molecule has 0 aliphatic heterocycles. The molecule has 3 heterocycles. The maximum Gasteiger partial charge on any atom is 0.276 e. The molecule has 1 amide bonds. The maximum atomic E-state index is 12.2. The van der Waals surface area contributed by atoms with Crippen molar-refractivity contribution in [3.8, 4) is 0 Å². The minimum atomic E-state index is -0.263. The first kappa shape index (κ1) is 13.3. The highest BCUT2D eigenvalue weighted by Crippen LogP contribution is 2.18. The number of rotatable bonds is 3. The smallest absolute Gasteiger partial charge is 0.276 e. The van der Waals surface area contributed by atoms with Gasteiger partial charge in [0.05, 0.1) is 11.9 Å². The summed E-state index contributed by atoms with van der Waals surface area (Å²) in [5, 5.41) is 17.5. The predicted octanol–water partition coefficient (Wildman–Crippen LogP) is 2.37. The van der Waals surface area contributed by atoms with E-state index in [9.17, 15) is 4.79 Å². The van der Waals surface area contributed by atoms with E-state index < -0.39 is 0 Å². The quantitative estimate of drug-likeness (QED) is 0.687. The van der Waals surface area contributed by atoms with Crippen LogP contribution in [0.3, 0.4) is 0 Å². The summed E-state index contributed by atoms with van der Waals surface area (Å²) in [6, 6.07) is 3.60. The lowest BCUT2D eigenvalue weighted by atomic mass is 10.1. The lowest BCUT2D eigenvalue weighted by Crippen LogP contribution is -2.12. The number of aromatic amines is 2. The summed E-state index contributed by atoms with van der Waals surface area (Å²) in [5.74, 6) is 0.0334. The fourth-order valence-corrected chi connectivity index (χ4v) is 2.03. The van der Waals surface area contributed by atoms with E-state index in [0.29, 0.717) is 22.9 Å². The zero-order valence-electron chi connectivity index (χ0n) is 12.1. The van der Waals surface area contributed by atoms with Crippen molar-refractivity contribution in [1.29, 1.82) is 0 Å². The highest BCUT2D eigenvalue weighted by atomic mass is 16.1. The minimum Gasteiger partial charge on any atom is -0.319 e. The van der Waals surface area contributed by atoms with Gasteiger partial charge >= 0.3 is 0 Å². The van der Waals surface area contributed by atoms with Crippen LogP contribution < -0.4 is 5.32 Å². The third-order valence-electron chi connectivity index (χ3n) is 3.31. The van der Waals surface area contributed by atoms with Crippen LogP contribution in [0.15, 0.2) is 18.3 Å². The molecule has 21 heavy (non-hydrogen) atoms. The number of nitrogens with one attached hydrogen (secondary N) is 3. The summed E-state index contributed by atoms with van der Waals surface area (Å²) in [5.41, 5.74) is 3.45. The van der Waals surface area contributed by atoms with Gasteiger partial charge in [0.1, 0.15) is 0 Å². The van der Waals surface area contributed by atoms with E-state index in [2.05, 4.69) is 30.7 Å². The molecule has 0 aliphatic rings. The van der Waals surface area contributed by atoms with Crippen LogP contribution in [0.25, 0.3) is 11.0 Å². The number of carbonyl (C=O) groups is 1. The molecule has 0 bridgehead atoms. The highest BCUT2D eigenvalue weighted by molar-refractivity contribution is 6.03. The number of carbonyl (C=O) groups excluding carboxylic acids is 1. The van der Waals surface area contributed by atoms with Crippen LogP contribution in [0, 0.1) is 6.92 Å². The summed E-state index contributed by atoms with van der Waals surface area (Å²) >= 11 is 0. The first-order valence-corrected chi connectivity index (χ1v) is 6.72. The van der Waals surface area contributed by atoms with Crippen molar-refractivity contribution in [2.45, 2.75) is 26.7 Å². The van der Waals surface area contributed by atoms with Crippen LogP contribution in [0.5, 0.6) is 0 Å². The summed E-state index contributed by atoms with van der Waals surface area (Å²) in [6.07, 6.45) is 1.58. The second kappa shape index (κ2) is 5.01. The first-order valence-electron chi connectivity index (χ1n) is 6.72. The summed E-state index contributed by atoms with van der Waals surface area (Å²) in [4.78, 5) is 16.4. The van der Waals surface area contributed by atoms with Gasteiger partial charge in [0.2, 0.25) is 0 Å². The Kier molecular flexibility index (Phi) is 3.17. The van der Waals surface area contributed by atoms with Gasteiger partial charge in [0.15, 0.2) is 11.3 Å². The molecule has 0 radical (unpaired) electrons. The summed E-state index contributed by atoms with van der Waals surface area (Å²) in [7, 11) is 0. The van der Waals surface area contributed by atoms with Crippen molar-refractivity contribution in [2.24, 2.45) is 0 Å². The van der Waals surface area contributed by atoms with Gasteiger partial charge in [-0.15, -0.1) is 0 Å². The van der Waals surface area contributed by atoms with Crippen LogP contribution in [-0.2, 0) is 0 Å². The molecule has 7 nitrogen and oxygen atoms in total. The zero-order chi connectivity index (χ0) is 15.0. The molecule has 0 atom stereocenters. The number of nitrogens with zero attached hydrogens (tertiary/aromatic N) is 3. The standard InChI is InChI=1S/C14H16N6O/c1-7(2)11-5-12(19-18-11)14(21)16-9-4-10-8(3)17-20-13(10)15-6-9/h4-7H,1-3H3,(H,16,21)(H,18,19)(H,15,17,20). The monoisotopic (exact) mass is 284 g/mol. The number of fused-ring (bicyclic) bond motifs is 1. The van der Waals surface area contributed by atoms with Crippen molar-refractivity contribution in [2.75, 3.05) is 5.32 Å². The summed E-state index contributed by atoms with van der Waals surface area (Å²) < 4.78 is 0. The minimum absolute atomic E-state index is 0.263. The fraction of sp³-hybridized carbons (Fsp3) is 0.286. The van der Waals surface area contributed by atoms with Gasteiger partial charge in [-0.1, -0.05) is 13.8 Å². The number of hydrogen-bond acceptors (Lipinski definition) is 4. The number of aryl methyl sites for hydroxylation is 1. The molecule has 0 unspecified atom stereocenters. The van der Waals surface area contributed by atoms with Crippen LogP contribution >= 0.6 is 0 Å². The third-order valence-corrected chi connectivity index (χ3v) is 3.31. The molecule has 7 heteroatoms.